The predicted molar refractivity (Wildman–Crippen MR) is 83.9 cm³/mol. The van der Waals surface area contributed by atoms with Gasteiger partial charge in [0.25, 0.3) is 0 Å². The highest BCUT2D eigenvalue weighted by Gasteiger charge is 2.12. The molecule has 1 aromatic rings. The molecule has 21 heavy (non-hydrogen) atoms. The molecular weight excluding hydrogens is 290 g/mol. The Morgan fingerprint density at radius 3 is 2.43 bits per heavy atom. The monoisotopic (exact) mass is 313 g/mol. The van der Waals surface area contributed by atoms with Crippen molar-refractivity contribution in [3.8, 4) is 0 Å². The maximum atomic E-state index is 11.9. The lowest BCUT2D eigenvalue weighted by atomic mass is 10.2. The van der Waals surface area contributed by atoms with E-state index in [0.717, 1.165) is 0 Å². The van der Waals surface area contributed by atoms with Crippen LogP contribution < -0.4 is 15.8 Å². The lowest BCUT2D eigenvalue weighted by molar-refractivity contribution is -0.121. The second-order valence-corrected chi connectivity index (χ2v) is 7.15. The minimum Gasteiger partial charge on any atom is -0.399 e. The van der Waals surface area contributed by atoms with Crippen LogP contribution in [0.3, 0.4) is 0 Å². The number of benzene rings is 1. The van der Waals surface area contributed by atoms with Gasteiger partial charge < -0.3 is 11.1 Å². The number of nitrogens with two attached hydrogens (primary N) is 1. The zero-order valence-corrected chi connectivity index (χ0v) is 13.2. The largest absolute Gasteiger partial charge is 0.399 e. The molecule has 0 aliphatic rings. The van der Waals surface area contributed by atoms with E-state index in [0.29, 0.717) is 23.7 Å². The van der Waals surface area contributed by atoms with Crippen molar-refractivity contribution < 1.29 is 13.2 Å². The van der Waals surface area contributed by atoms with Crippen molar-refractivity contribution in [1.29, 1.82) is 0 Å². The van der Waals surface area contributed by atoms with E-state index in [4.69, 9.17) is 5.73 Å². The number of nitrogens with one attached hydrogen (secondary N) is 2. The van der Waals surface area contributed by atoms with Crippen LogP contribution in [0.25, 0.3) is 0 Å². The molecular formula is C14H23N3O3S. The van der Waals surface area contributed by atoms with Crippen LogP contribution in [0.4, 0.5) is 5.69 Å². The first-order chi connectivity index (χ1) is 9.78. The number of nitrogen functional groups attached to an aromatic ring is 1. The van der Waals surface area contributed by atoms with Gasteiger partial charge in [-0.3, -0.25) is 4.79 Å². The molecule has 0 aliphatic carbocycles. The third-order valence-electron chi connectivity index (χ3n) is 2.72. The van der Waals surface area contributed by atoms with Gasteiger partial charge in [0.05, 0.1) is 5.75 Å². The summed E-state index contributed by atoms with van der Waals surface area (Å²) in [5.41, 5.74) is 6.79. The van der Waals surface area contributed by atoms with Crippen LogP contribution in [0.2, 0.25) is 0 Å². The molecule has 7 heteroatoms. The summed E-state index contributed by atoms with van der Waals surface area (Å²) in [6, 6.07) is 6.66. The molecule has 0 saturated heterocycles. The fourth-order valence-corrected chi connectivity index (χ4v) is 2.76. The summed E-state index contributed by atoms with van der Waals surface area (Å²) in [6.45, 7) is 4.68. The summed E-state index contributed by atoms with van der Waals surface area (Å²) in [4.78, 5) is 11.5. The van der Waals surface area contributed by atoms with Gasteiger partial charge >= 0.3 is 0 Å². The van der Waals surface area contributed by atoms with E-state index in [1.807, 2.05) is 13.8 Å². The molecule has 1 aromatic carbocycles. The molecule has 1 rings (SSSR count). The van der Waals surface area contributed by atoms with Gasteiger partial charge in [0.1, 0.15) is 0 Å². The summed E-state index contributed by atoms with van der Waals surface area (Å²) in [6.07, 6.45) is 0.133. The molecule has 0 unspecified atom stereocenters. The second-order valence-electron chi connectivity index (χ2n) is 5.34. The molecule has 4 N–H and O–H groups in total. The Bertz CT molecular complexity index is 553. The van der Waals surface area contributed by atoms with E-state index in [1.165, 1.54) is 0 Å². The van der Waals surface area contributed by atoms with Gasteiger partial charge in [-0.2, -0.15) is 0 Å². The first-order valence-electron chi connectivity index (χ1n) is 6.87. The molecule has 1 amide bonds. The average Bonchev–Trinajstić information content (AvgIpc) is 2.38. The van der Waals surface area contributed by atoms with E-state index < -0.39 is 10.0 Å². The Morgan fingerprint density at radius 1 is 1.24 bits per heavy atom. The Balaban J connectivity index is 2.36. The number of amides is 1. The molecule has 0 aliphatic heterocycles. The van der Waals surface area contributed by atoms with Gasteiger partial charge in [0.2, 0.25) is 15.9 Å². The minimum atomic E-state index is -3.45. The average molecular weight is 313 g/mol. The van der Waals surface area contributed by atoms with Crippen molar-refractivity contribution in [3.05, 3.63) is 29.8 Å². The smallest absolute Gasteiger partial charge is 0.221 e. The fourth-order valence-electron chi connectivity index (χ4n) is 1.61. The number of hydrogen-bond acceptors (Lipinski definition) is 4. The quantitative estimate of drug-likeness (QED) is 0.619. The Kier molecular flexibility index (Phi) is 6.64. The van der Waals surface area contributed by atoms with E-state index in [2.05, 4.69) is 10.0 Å². The van der Waals surface area contributed by atoms with Crippen LogP contribution in [0.5, 0.6) is 0 Å². The zero-order chi connectivity index (χ0) is 15.9. The van der Waals surface area contributed by atoms with Crippen LogP contribution in [0.1, 0.15) is 25.8 Å². The van der Waals surface area contributed by atoms with Gasteiger partial charge in [0, 0.05) is 25.2 Å². The highest BCUT2D eigenvalue weighted by Crippen LogP contribution is 2.08. The SMILES string of the molecule is CC(C)CNC(=O)CCNS(=O)(=O)Cc1ccc(N)cc1. The summed E-state index contributed by atoms with van der Waals surface area (Å²) in [5, 5.41) is 2.74. The number of carbonyl (C=O) groups is 1. The zero-order valence-electron chi connectivity index (χ0n) is 12.4. The number of rotatable bonds is 8. The summed E-state index contributed by atoms with van der Waals surface area (Å²) >= 11 is 0. The molecule has 0 saturated carbocycles. The molecule has 0 atom stereocenters. The number of carbonyl (C=O) groups excluding carboxylic acids is 1. The van der Waals surface area contributed by atoms with Crippen LogP contribution in [-0.2, 0) is 20.6 Å². The highest BCUT2D eigenvalue weighted by molar-refractivity contribution is 7.88. The summed E-state index contributed by atoms with van der Waals surface area (Å²) in [5.74, 6) is 0.0935. The molecule has 0 fully saturated rings. The fraction of sp³-hybridized carbons (Fsp3) is 0.500. The summed E-state index contributed by atoms with van der Waals surface area (Å²) < 4.78 is 26.1. The predicted octanol–water partition coefficient (Wildman–Crippen LogP) is 0.851. The van der Waals surface area contributed by atoms with Gasteiger partial charge in [-0.25, -0.2) is 13.1 Å². The van der Waals surface area contributed by atoms with Crippen molar-refractivity contribution >= 4 is 21.6 Å². The van der Waals surface area contributed by atoms with E-state index in [1.54, 1.807) is 24.3 Å². The van der Waals surface area contributed by atoms with Crippen molar-refractivity contribution in [3.63, 3.8) is 0 Å². The van der Waals surface area contributed by atoms with E-state index >= 15 is 0 Å². The molecule has 118 valence electrons. The Morgan fingerprint density at radius 2 is 1.86 bits per heavy atom. The molecule has 0 aromatic heterocycles. The normalized spacial score (nSPS) is 11.6. The number of hydrogen-bond donors (Lipinski definition) is 3. The van der Waals surface area contributed by atoms with Crippen molar-refractivity contribution in [2.75, 3.05) is 18.8 Å². The van der Waals surface area contributed by atoms with Gasteiger partial charge in [-0.1, -0.05) is 26.0 Å². The third kappa shape index (κ3) is 7.67. The Labute approximate surface area is 126 Å². The Hall–Kier alpha value is -1.60. The summed E-state index contributed by atoms with van der Waals surface area (Å²) in [7, 11) is -3.45. The third-order valence-corrected chi connectivity index (χ3v) is 4.08. The number of sulfonamides is 1. The molecule has 0 spiro atoms. The standard InChI is InChI=1S/C14H23N3O3S/c1-11(2)9-16-14(18)7-8-17-21(19,20)10-12-3-5-13(15)6-4-12/h3-6,11,17H,7-10,15H2,1-2H3,(H,16,18). The lowest BCUT2D eigenvalue weighted by Crippen LogP contribution is -2.32. The minimum absolute atomic E-state index is 0.0984. The van der Waals surface area contributed by atoms with E-state index in [9.17, 15) is 13.2 Å². The maximum Gasteiger partial charge on any atom is 0.221 e. The first kappa shape index (κ1) is 17.5. The maximum absolute atomic E-state index is 11.9. The van der Waals surface area contributed by atoms with Crippen molar-refractivity contribution in [2.24, 2.45) is 5.92 Å². The molecule has 0 bridgehead atoms. The van der Waals surface area contributed by atoms with Gasteiger partial charge in [-0.05, 0) is 23.6 Å². The van der Waals surface area contributed by atoms with Crippen LogP contribution in [-0.4, -0.2) is 27.4 Å². The van der Waals surface area contributed by atoms with Gasteiger partial charge in [0.15, 0.2) is 0 Å². The van der Waals surface area contributed by atoms with E-state index in [-0.39, 0.29) is 24.6 Å². The first-order valence-corrected chi connectivity index (χ1v) is 8.52. The molecule has 0 radical (unpaired) electrons. The second kappa shape index (κ2) is 7.99. The number of anilines is 1. The topological polar surface area (TPSA) is 101 Å². The van der Waals surface area contributed by atoms with Crippen molar-refractivity contribution in [2.45, 2.75) is 26.0 Å². The van der Waals surface area contributed by atoms with Gasteiger partial charge in [-0.15, -0.1) is 0 Å². The van der Waals surface area contributed by atoms with Crippen molar-refractivity contribution in [1.82, 2.24) is 10.0 Å². The molecule has 0 heterocycles. The molecule has 6 nitrogen and oxygen atoms in total. The van der Waals surface area contributed by atoms with Crippen LogP contribution in [0, 0.1) is 5.92 Å². The van der Waals surface area contributed by atoms with Crippen LogP contribution >= 0.6 is 0 Å². The van der Waals surface area contributed by atoms with Crippen LogP contribution in [0.15, 0.2) is 24.3 Å². The highest BCUT2D eigenvalue weighted by atomic mass is 32.2. The lowest BCUT2D eigenvalue weighted by Gasteiger charge is -2.09.